The number of ketones is 1. The number of pyridine rings is 1. The Balaban J connectivity index is 1.77. The van der Waals surface area contributed by atoms with Gasteiger partial charge in [-0.15, -0.1) is 11.3 Å². The van der Waals surface area contributed by atoms with Gasteiger partial charge in [0.15, 0.2) is 0 Å². The van der Waals surface area contributed by atoms with Crippen molar-refractivity contribution in [2.75, 3.05) is 18.8 Å². The number of halogens is 1. The number of hydrogen-bond acceptors (Lipinski definition) is 4. The van der Waals surface area contributed by atoms with E-state index in [1.165, 1.54) is 46.1 Å². The molecule has 1 aliphatic heterocycles. The molecule has 25 heavy (non-hydrogen) atoms. The molecule has 0 amide bonds. The number of hydrogen-bond donors (Lipinski definition) is 2. The largest absolute Gasteiger partial charge is 0.397 e. The normalized spacial score (nSPS) is 16.8. The zero-order valence-electron chi connectivity index (χ0n) is 13.9. The Morgan fingerprint density at radius 1 is 1.36 bits per heavy atom. The summed E-state index contributed by atoms with van der Waals surface area (Å²) in [5, 5.41) is 0.853. The first-order valence-corrected chi connectivity index (χ1v) is 9.23. The smallest absolute Gasteiger partial charge is 0.205 e. The lowest BCUT2D eigenvalue weighted by molar-refractivity contribution is -0.914. The molecule has 0 saturated carbocycles. The van der Waals surface area contributed by atoms with Gasteiger partial charge in [-0.1, -0.05) is 0 Å². The molecule has 128 valence electrons. The fourth-order valence-electron chi connectivity index (χ4n) is 3.34. The van der Waals surface area contributed by atoms with Gasteiger partial charge >= 0.3 is 0 Å². The lowest BCUT2D eigenvalue weighted by atomic mass is 10.0. The van der Waals surface area contributed by atoms with Crippen LogP contribution >= 0.6 is 11.3 Å². The minimum Gasteiger partial charge on any atom is -0.397 e. The van der Waals surface area contributed by atoms with Crippen LogP contribution in [0, 0.1) is 5.82 Å². The molecule has 1 atom stereocenters. The number of aromatic nitrogens is 1. The summed E-state index contributed by atoms with van der Waals surface area (Å²) in [5.41, 5.74) is 9.53. The number of nitrogen functional groups attached to an aromatic ring is 1. The highest BCUT2D eigenvalue weighted by atomic mass is 32.1. The third-order valence-electron chi connectivity index (χ3n) is 4.86. The number of quaternary nitrogens is 1. The average molecular weight is 356 g/mol. The van der Waals surface area contributed by atoms with Crippen LogP contribution in [-0.2, 0) is 13.0 Å². The molecule has 3 heterocycles. The van der Waals surface area contributed by atoms with Crippen molar-refractivity contribution in [2.24, 2.45) is 0 Å². The van der Waals surface area contributed by atoms with Crippen molar-refractivity contribution in [2.45, 2.75) is 19.9 Å². The van der Waals surface area contributed by atoms with Gasteiger partial charge in [0, 0.05) is 22.9 Å². The first kappa shape index (κ1) is 16.2. The van der Waals surface area contributed by atoms with Gasteiger partial charge in [0.05, 0.1) is 24.5 Å². The molecule has 0 spiro atoms. The third kappa shape index (κ3) is 2.81. The average Bonchev–Trinajstić information content (AvgIpc) is 2.95. The minimum absolute atomic E-state index is 0.181. The van der Waals surface area contributed by atoms with E-state index in [4.69, 9.17) is 10.7 Å². The van der Waals surface area contributed by atoms with Crippen molar-refractivity contribution < 1.29 is 14.1 Å². The number of carbonyl (C=O) groups excluding carboxylic acids is 1. The molecular formula is C19H19FN3OS+. The topological polar surface area (TPSA) is 60.4 Å². The second-order valence-electron chi connectivity index (χ2n) is 6.41. The van der Waals surface area contributed by atoms with Gasteiger partial charge in [-0.25, -0.2) is 9.37 Å². The van der Waals surface area contributed by atoms with E-state index in [-0.39, 0.29) is 11.6 Å². The quantitative estimate of drug-likeness (QED) is 0.708. The first-order chi connectivity index (χ1) is 12.1. The molecule has 0 aliphatic carbocycles. The maximum Gasteiger partial charge on any atom is 0.205 e. The van der Waals surface area contributed by atoms with E-state index < -0.39 is 0 Å². The van der Waals surface area contributed by atoms with Crippen LogP contribution in [0.2, 0.25) is 0 Å². The molecule has 0 radical (unpaired) electrons. The fraction of sp³-hybridized carbons (Fsp3) is 0.263. The van der Waals surface area contributed by atoms with E-state index in [1.54, 1.807) is 0 Å². The van der Waals surface area contributed by atoms with Gasteiger partial charge in [-0.05, 0) is 37.3 Å². The highest BCUT2D eigenvalue weighted by Gasteiger charge is 2.24. The Kier molecular flexibility index (Phi) is 4.01. The zero-order valence-corrected chi connectivity index (χ0v) is 14.8. The van der Waals surface area contributed by atoms with Crippen LogP contribution in [0.1, 0.15) is 33.4 Å². The predicted molar refractivity (Wildman–Crippen MR) is 97.6 cm³/mol. The summed E-state index contributed by atoms with van der Waals surface area (Å²) in [6.45, 7) is 5.31. The SMILES string of the molecule is CC[NH+]1CCc2nc3sc(C(=O)c4ccc(F)cc4)c(N)c3cc2C1. The van der Waals surface area contributed by atoms with Crippen molar-refractivity contribution in [3.8, 4) is 0 Å². The number of likely N-dealkylation sites (N-methyl/N-ethyl adjacent to an activating group) is 1. The van der Waals surface area contributed by atoms with Crippen molar-refractivity contribution in [1.82, 2.24) is 4.98 Å². The van der Waals surface area contributed by atoms with Crippen molar-refractivity contribution in [3.05, 3.63) is 57.8 Å². The molecule has 4 rings (SSSR count). The Morgan fingerprint density at radius 3 is 2.84 bits per heavy atom. The minimum atomic E-state index is -0.363. The number of fused-ring (bicyclic) bond motifs is 2. The molecule has 0 bridgehead atoms. The molecule has 4 nitrogen and oxygen atoms in total. The summed E-state index contributed by atoms with van der Waals surface area (Å²) in [4.78, 5) is 20.3. The molecule has 1 aromatic carbocycles. The number of benzene rings is 1. The van der Waals surface area contributed by atoms with Crippen molar-refractivity contribution in [3.63, 3.8) is 0 Å². The predicted octanol–water partition coefficient (Wildman–Crippen LogP) is 2.21. The third-order valence-corrected chi connectivity index (χ3v) is 5.97. The van der Waals surface area contributed by atoms with Gasteiger partial charge < -0.3 is 10.6 Å². The standard InChI is InChI=1S/C19H18FN3OS/c1-2-23-8-7-15-12(10-23)9-14-16(21)18(25-19(14)22-15)17(24)11-3-5-13(20)6-4-11/h3-6,9H,2,7-8,10,21H2,1H3/p+1. The maximum atomic E-state index is 13.1. The summed E-state index contributed by atoms with van der Waals surface area (Å²) >= 11 is 1.32. The van der Waals surface area contributed by atoms with E-state index >= 15 is 0 Å². The molecule has 0 saturated heterocycles. The van der Waals surface area contributed by atoms with E-state index in [1.807, 2.05) is 0 Å². The summed E-state index contributed by atoms with van der Waals surface area (Å²) in [6.07, 6.45) is 0.952. The van der Waals surface area contributed by atoms with Crippen LogP contribution in [0.15, 0.2) is 30.3 Å². The van der Waals surface area contributed by atoms with Crippen LogP contribution in [0.25, 0.3) is 10.2 Å². The van der Waals surface area contributed by atoms with Gasteiger partial charge in [-0.2, -0.15) is 0 Å². The maximum absolute atomic E-state index is 13.1. The van der Waals surface area contributed by atoms with Crippen LogP contribution in [0.4, 0.5) is 10.1 Å². The van der Waals surface area contributed by atoms with Gasteiger partial charge in [0.2, 0.25) is 5.78 Å². The Bertz CT molecular complexity index is 965. The van der Waals surface area contributed by atoms with Gasteiger partial charge in [0.1, 0.15) is 22.1 Å². The van der Waals surface area contributed by atoms with E-state index in [9.17, 15) is 9.18 Å². The lowest BCUT2D eigenvalue weighted by Gasteiger charge is -2.24. The highest BCUT2D eigenvalue weighted by Crippen LogP contribution is 2.35. The van der Waals surface area contributed by atoms with Crippen LogP contribution in [-0.4, -0.2) is 23.9 Å². The number of thiophene rings is 1. The second kappa shape index (κ2) is 6.20. The van der Waals surface area contributed by atoms with E-state index in [0.29, 0.717) is 16.1 Å². The first-order valence-electron chi connectivity index (χ1n) is 8.41. The molecule has 0 fully saturated rings. The number of rotatable bonds is 3. The molecular weight excluding hydrogens is 337 g/mol. The lowest BCUT2D eigenvalue weighted by Crippen LogP contribution is -3.11. The van der Waals surface area contributed by atoms with Crippen LogP contribution in [0.5, 0.6) is 0 Å². The number of nitrogens with zero attached hydrogens (tertiary/aromatic N) is 1. The van der Waals surface area contributed by atoms with Crippen LogP contribution < -0.4 is 10.6 Å². The van der Waals surface area contributed by atoms with Gasteiger partial charge in [0.25, 0.3) is 0 Å². The van der Waals surface area contributed by atoms with Crippen molar-refractivity contribution >= 4 is 33.0 Å². The van der Waals surface area contributed by atoms with E-state index in [0.717, 1.165) is 42.0 Å². The number of nitrogens with two attached hydrogens (primary N) is 1. The molecule has 3 aromatic rings. The summed E-state index contributed by atoms with van der Waals surface area (Å²) in [7, 11) is 0. The summed E-state index contributed by atoms with van der Waals surface area (Å²) in [5.74, 6) is -0.544. The summed E-state index contributed by atoms with van der Waals surface area (Å²) in [6, 6.07) is 7.65. The van der Waals surface area contributed by atoms with Gasteiger partial charge in [-0.3, -0.25) is 4.79 Å². The molecule has 6 heteroatoms. The van der Waals surface area contributed by atoms with E-state index in [2.05, 4.69) is 13.0 Å². The Morgan fingerprint density at radius 2 is 2.12 bits per heavy atom. The van der Waals surface area contributed by atoms with Crippen LogP contribution in [0.3, 0.4) is 0 Å². The molecule has 3 N–H and O–H groups in total. The molecule has 1 unspecified atom stereocenters. The Labute approximate surface area is 149 Å². The highest BCUT2D eigenvalue weighted by molar-refractivity contribution is 7.21. The second-order valence-corrected chi connectivity index (χ2v) is 7.41. The molecule has 1 aliphatic rings. The Hall–Kier alpha value is -2.31. The van der Waals surface area contributed by atoms with Crippen molar-refractivity contribution in [1.29, 1.82) is 0 Å². The fourth-order valence-corrected chi connectivity index (χ4v) is 4.40. The number of carbonyl (C=O) groups is 1. The summed E-state index contributed by atoms with van der Waals surface area (Å²) < 4.78 is 13.1. The molecule has 2 aromatic heterocycles. The number of anilines is 1. The number of nitrogens with one attached hydrogen (secondary N) is 1. The monoisotopic (exact) mass is 356 g/mol. The zero-order chi connectivity index (χ0) is 17.6.